The average molecular weight is 453 g/mol. The molecule has 1 heterocycles. The third-order valence-electron chi connectivity index (χ3n) is 6.00. The number of carbonyl (C=O) groups excluding carboxylic acids is 2. The number of nitriles is 1. The van der Waals surface area contributed by atoms with E-state index in [9.17, 15) is 14.9 Å². The summed E-state index contributed by atoms with van der Waals surface area (Å²) in [6.07, 6.45) is 5.27. The van der Waals surface area contributed by atoms with E-state index in [1.807, 2.05) is 30.3 Å². The summed E-state index contributed by atoms with van der Waals surface area (Å²) in [6, 6.07) is 21.7. The highest BCUT2D eigenvalue weighted by Gasteiger charge is 2.17. The number of aromatic nitrogens is 1. The minimum atomic E-state index is -0.0389. The number of unbranched alkanes of at least 4 members (excludes halogenated alkanes) is 1. The predicted molar refractivity (Wildman–Crippen MR) is 136 cm³/mol. The van der Waals surface area contributed by atoms with Crippen LogP contribution in [0.4, 0.5) is 0 Å². The number of carbonyl (C=O) groups is 2. The molecule has 0 aliphatic rings. The van der Waals surface area contributed by atoms with E-state index >= 15 is 0 Å². The first-order valence-corrected chi connectivity index (χ1v) is 12.1. The quantitative estimate of drug-likeness (QED) is 0.283. The van der Waals surface area contributed by atoms with E-state index in [2.05, 4.69) is 44.2 Å². The van der Waals surface area contributed by atoms with Crippen LogP contribution in [0.25, 0.3) is 11.3 Å². The highest BCUT2D eigenvalue weighted by molar-refractivity contribution is 5.99. The molecule has 0 fully saturated rings. The average Bonchev–Trinajstić information content (AvgIpc) is 2.86. The van der Waals surface area contributed by atoms with Gasteiger partial charge in [-0.3, -0.25) is 14.6 Å². The Morgan fingerprint density at radius 1 is 0.912 bits per heavy atom. The molecular weight excluding hydrogens is 420 g/mol. The second-order valence-corrected chi connectivity index (χ2v) is 8.76. The van der Waals surface area contributed by atoms with Crippen LogP contribution < -0.4 is 0 Å². The molecule has 1 aromatic heterocycles. The normalized spacial score (nSPS) is 10.6. The summed E-state index contributed by atoms with van der Waals surface area (Å²) in [4.78, 5) is 30.0. The highest BCUT2D eigenvalue weighted by atomic mass is 16.1. The van der Waals surface area contributed by atoms with E-state index in [1.54, 1.807) is 6.07 Å². The summed E-state index contributed by atoms with van der Waals surface area (Å²) in [7, 11) is 0. The fourth-order valence-corrected chi connectivity index (χ4v) is 4.11. The van der Waals surface area contributed by atoms with Crippen LogP contribution in [0, 0.1) is 18.3 Å². The van der Waals surface area contributed by atoms with Gasteiger partial charge in [-0.25, -0.2) is 0 Å². The third-order valence-corrected chi connectivity index (χ3v) is 6.00. The molecule has 0 aliphatic heterocycles. The lowest BCUT2D eigenvalue weighted by Crippen LogP contribution is -2.10. The Hall–Kier alpha value is -3.58. The molecule has 0 unspecified atom stereocenters. The van der Waals surface area contributed by atoms with Gasteiger partial charge in [0.05, 0.1) is 23.0 Å². The van der Waals surface area contributed by atoms with Crippen molar-refractivity contribution >= 4 is 11.6 Å². The molecule has 3 aromatic rings. The van der Waals surface area contributed by atoms with Gasteiger partial charge in [0.15, 0.2) is 5.78 Å². The molecule has 0 amide bonds. The van der Waals surface area contributed by atoms with E-state index in [-0.39, 0.29) is 24.4 Å². The minimum Gasteiger partial charge on any atom is -0.300 e. The maximum absolute atomic E-state index is 13.0. The Morgan fingerprint density at radius 3 is 2.50 bits per heavy atom. The number of nitrogens with zero attached hydrogens (tertiary/aromatic N) is 2. The van der Waals surface area contributed by atoms with Crippen LogP contribution in [0.5, 0.6) is 0 Å². The number of ketones is 2. The van der Waals surface area contributed by atoms with Gasteiger partial charge in [0, 0.05) is 30.4 Å². The number of hydrogen-bond acceptors (Lipinski definition) is 4. The molecule has 2 aromatic carbocycles. The molecule has 0 radical (unpaired) electrons. The lowest BCUT2D eigenvalue weighted by atomic mass is 9.96. The first-order valence-electron chi connectivity index (χ1n) is 12.1. The van der Waals surface area contributed by atoms with E-state index < -0.39 is 0 Å². The Labute approximate surface area is 202 Å². The molecule has 3 rings (SSSR count). The monoisotopic (exact) mass is 452 g/mol. The van der Waals surface area contributed by atoms with Gasteiger partial charge >= 0.3 is 0 Å². The van der Waals surface area contributed by atoms with Crippen molar-refractivity contribution in [1.29, 1.82) is 5.26 Å². The van der Waals surface area contributed by atoms with Crippen molar-refractivity contribution in [2.45, 2.75) is 65.2 Å². The highest BCUT2D eigenvalue weighted by Crippen LogP contribution is 2.24. The summed E-state index contributed by atoms with van der Waals surface area (Å²) in [5.74, 6) is 0.103. The zero-order chi connectivity index (χ0) is 24.3. The van der Waals surface area contributed by atoms with Crippen molar-refractivity contribution in [2.75, 3.05) is 0 Å². The maximum atomic E-state index is 13.0. The number of pyridine rings is 1. The van der Waals surface area contributed by atoms with Gasteiger partial charge in [0.25, 0.3) is 0 Å². The van der Waals surface area contributed by atoms with E-state index in [4.69, 9.17) is 4.98 Å². The SMILES string of the molecule is CCCCC(=O)CCC(=O)c1ccc(-c2ccccc2C#N)nc1CCCc1cccc(C)c1. The van der Waals surface area contributed by atoms with Crippen LogP contribution in [0.3, 0.4) is 0 Å². The molecule has 0 aliphatic carbocycles. The molecule has 0 saturated heterocycles. The topological polar surface area (TPSA) is 70.8 Å². The van der Waals surface area contributed by atoms with Crippen molar-refractivity contribution in [3.8, 4) is 17.3 Å². The molecule has 34 heavy (non-hydrogen) atoms. The molecule has 4 heteroatoms. The zero-order valence-electron chi connectivity index (χ0n) is 20.1. The fraction of sp³-hybridized carbons (Fsp3) is 0.333. The third kappa shape index (κ3) is 6.96. The molecule has 0 N–H and O–H groups in total. The van der Waals surface area contributed by atoms with Crippen molar-refractivity contribution < 1.29 is 9.59 Å². The predicted octanol–water partition coefficient (Wildman–Crippen LogP) is 6.83. The molecule has 0 saturated carbocycles. The Kier molecular flexibility index (Phi) is 9.29. The van der Waals surface area contributed by atoms with Crippen molar-refractivity contribution in [3.63, 3.8) is 0 Å². The van der Waals surface area contributed by atoms with Gasteiger partial charge in [-0.1, -0.05) is 61.4 Å². The first-order chi connectivity index (χ1) is 16.5. The Bertz CT molecular complexity index is 1190. The number of hydrogen-bond donors (Lipinski definition) is 0. The smallest absolute Gasteiger partial charge is 0.165 e. The summed E-state index contributed by atoms with van der Waals surface area (Å²) in [6.45, 7) is 4.14. The number of aryl methyl sites for hydroxylation is 3. The standard InChI is InChI=1S/C30H32N2O2/c1-3-4-13-25(33)16-19-30(34)27-17-18-29(26-14-6-5-12-24(26)21-31)32-28(27)15-8-11-23-10-7-9-22(2)20-23/h5-7,9-10,12,14,17-18,20H,3-4,8,11,13,15-16,19H2,1-2H3. The van der Waals surface area contributed by atoms with Crippen LogP contribution >= 0.6 is 0 Å². The van der Waals surface area contributed by atoms with Gasteiger partial charge < -0.3 is 0 Å². The first kappa shape index (κ1) is 25.1. The molecule has 174 valence electrons. The number of rotatable bonds is 12. The summed E-state index contributed by atoms with van der Waals surface area (Å²) < 4.78 is 0. The fourth-order valence-electron chi connectivity index (χ4n) is 4.11. The van der Waals surface area contributed by atoms with Crippen molar-refractivity contribution in [1.82, 2.24) is 4.98 Å². The zero-order valence-corrected chi connectivity index (χ0v) is 20.1. The van der Waals surface area contributed by atoms with Crippen LogP contribution in [0.2, 0.25) is 0 Å². The van der Waals surface area contributed by atoms with Gasteiger partial charge in [0.2, 0.25) is 0 Å². The van der Waals surface area contributed by atoms with Gasteiger partial charge in [0.1, 0.15) is 5.78 Å². The second-order valence-electron chi connectivity index (χ2n) is 8.76. The van der Waals surface area contributed by atoms with Crippen molar-refractivity contribution in [3.05, 3.63) is 88.6 Å². The van der Waals surface area contributed by atoms with E-state index in [0.29, 0.717) is 29.7 Å². The van der Waals surface area contributed by atoms with Gasteiger partial charge in [-0.05, 0) is 56.4 Å². The molecule has 0 spiro atoms. The van der Waals surface area contributed by atoms with Gasteiger partial charge in [-0.2, -0.15) is 5.26 Å². The van der Waals surface area contributed by atoms with E-state index in [0.717, 1.165) is 36.9 Å². The number of benzene rings is 2. The van der Waals surface area contributed by atoms with Crippen LogP contribution in [-0.4, -0.2) is 16.6 Å². The minimum absolute atomic E-state index is 0.0389. The second kappa shape index (κ2) is 12.6. The lowest BCUT2D eigenvalue weighted by Gasteiger charge is -2.12. The van der Waals surface area contributed by atoms with Crippen molar-refractivity contribution in [2.24, 2.45) is 0 Å². The Balaban J connectivity index is 1.82. The number of Topliss-reactive ketones (excluding diaryl/α,β-unsaturated/α-hetero) is 2. The molecule has 4 nitrogen and oxygen atoms in total. The summed E-state index contributed by atoms with van der Waals surface area (Å²) in [5.41, 5.74) is 5.84. The molecule has 0 bridgehead atoms. The molecule has 0 atom stereocenters. The summed E-state index contributed by atoms with van der Waals surface area (Å²) >= 11 is 0. The van der Waals surface area contributed by atoms with Crippen LogP contribution in [-0.2, 0) is 17.6 Å². The molecular formula is C30H32N2O2. The largest absolute Gasteiger partial charge is 0.300 e. The Morgan fingerprint density at radius 2 is 1.74 bits per heavy atom. The van der Waals surface area contributed by atoms with Crippen LogP contribution in [0.15, 0.2) is 60.7 Å². The van der Waals surface area contributed by atoms with Gasteiger partial charge in [-0.15, -0.1) is 0 Å². The maximum Gasteiger partial charge on any atom is 0.165 e. The lowest BCUT2D eigenvalue weighted by molar-refractivity contribution is -0.119. The summed E-state index contributed by atoms with van der Waals surface area (Å²) in [5, 5.41) is 9.50. The van der Waals surface area contributed by atoms with Crippen LogP contribution in [0.1, 0.15) is 78.2 Å². The van der Waals surface area contributed by atoms with E-state index in [1.165, 1.54) is 11.1 Å².